The highest BCUT2D eigenvalue weighted by atomic mass is 79.9. The fourth-order valence-electron chi connectivity index (χ4n) is 2.46. The fraction of sp³-hybridized carbons (Fsp3) is 0.538. The molecular formula is C13H19BrN2O2S. The minimum atomic E-state index is -3.13. The summed E-state index contributed by atoms with van der Waals surface area (Å²) < 4.78 is 26.7. The lowest BCUT2D eigenvalue weighted by molar-refractivity contribution is 0.538. The predicted molar refractivity (Wildman–Crippen MR) is 80.7 cm³/mol. The van der Waals surface area contributed by atoms with Gasteiger partial charge in [-0.15, -0.1) is 0 Å². The van der Waals surface area contributed by atoms with Gasteiger partial charge >= 0.3 is 0 Å². The number of benzene rings is 1. The van der Waals surface area contributed by atoms with E-state index in [0.29, 0.717) is 13.1 Å². The van der Waals surface area contributed by atoms with Crippen LogP contribution in [0.15, 0.2) is 22.7 Å². The molecule has 6 heteroatoms. The SMILES string of the molecule is CCNS(=O)(=O)CCNC1CCc2cc(Br)ccc21. The summed E-state index contributed by atoms with van der Waals surface area (Å²) in [5, 5.41) is 3.34. The summed E-state index contributed by atoms with van der Waals surface area (Å²) in [6.45, 7) is 2.72. The van der Waals surface area contributed by atoms with E-state index in [1.807, 2.05) is 6.07 Å². The van der Waals surface area contributed by atoms with Gasteiger partial charge in [0.25, 0.3) is 0 Å². The average Bonchev–Trinajstić information content (AvgIpc) is 2.71. The van der Waals surface area contributed by atoms with Crippen LogP contribution in [0.25, 0.3) is 0 Å². The van der Waals surface area contributed by atoms with Crippen molar-refractivity contribution in [2.75, 3.05) is 18.8 Å². The normalized spacial score (nSPS) is 18.5. The number of fused-ring (bicyclic) bond motifs is 1. The lowest BCUT2D eigenvalue weighted by Gasteiger charge is -2.14. The fourth-order valence-corrected chi connectivity index (χ4v) is 3.84. The topological polar surface area (TPSA) is 58.2 Å². The lowest BCUT2D eigenvalue weighted by atomic mass is 10.1. The smallest absolute Gasteiger partial charge is 0.212 e. The van der Waals surface area contributed by atoms with E-state index in [0.717, 1.165) is 17.3 Å². The molecule has 1 aliphatic rings. The van der Waals surface area contributed by atoms with E-state index in [2.05, 4.69) is 38.1 Å². The van der Waals surface area contributed by atoms with Crippen LogP contribution in [0.1, 0.15) is 30.5 Å². The molecule has 0 heterocycles. The van der Waals surface area contributed by atoms with E-state index in [1.54, 1.807) is 6.92 Å². The van der Waals surface area contributed by atoms with Crippen molar-refractivity contribution < 1.29 is 8.42 Å². The Balaban J connectivity index is 1.90. The second-order valence-corrected chi connectivity index (χ2v) is 7.55. The zero-order valence-electron chi connectivity index (χ0n) is 10.9. The van der Waals surface area contributed by atoms with E-state index >= 15 is 0 Å². The Morgan fingerprint density at radius 2 is 2.21 bits per heavy atom. The summed E-state index contributed by atoms with van der Waals surface area (Å²) in [5.41, 5.74) is 2.64. The Bertz CT molecular complexity index is 546. The highest BCUT2D eigenvalue weighted by molar-refractivity contribution is 9.10. The van der Waals surface area contributed by atoms with E-state index in [1.165, 1.54) is 11.1 Å². The molecule has 1 unspecified atom stereocenters. The van der Waals surface area contributed by atoms with Crippen LogP contribution in [0.3, 0.4) is 0 Å². The summed E-state index contributed by atoms with van der Waals surface area (Å²) >= 11 is 3.47. The molecule has 1 atom stereocenters. The average molecular weight is 347 g/mol. The second-order valence-electron chi connectivity index (χ2n) is 4.71. The molecule has 1 aliphatic carbocycles. The maximum absolute atomic E-state index is 11.5. The highest BCUT2D eigenvalue weighted by Crippen LogP contribution is 2.32. The molecule has 0 aromatic heterocycles. The molecule has 0 aliphatic heterocycles. The minimum Gasteiger partial charge on any atom is -0.309 e. The molecule has 1 aromatic rings. The van der Waals surface area contributed by atoms with Gasteiger partial charge in [-0.2, -0.15) is 0 Å². The van der Waals surface area contributed by atoms with Crippen LogP contribution in [-0.2, 0) is 16.4 Å². The number of halogens is 1. The molecule has 4 nitrogen and oxygen atoms in total. The Morgan fingerprint density at radius 1 is 1.42 bits per heavy atom. The molecule has 0 bridgehead atoms. The quantitative estimate of drug-likeness (QED) is 0.827. The third-order valence-corrected chi connectivity index (χ3v) is 5.27. The first-order valence-electron chi connectivity index (χ1n) is 6.51. The standard InChI is InChI=1S/C13H19BrN2O2S/c1-2-16-19(17,18)8-7-15-13-6-3-10-9-11(14)4-5-12(10)13/h4-5,9,13,15-16H,2-3,6-8H2,1H3. The largest absolute Gasteiger partial charge is 0.309 e. The molecule has 19 heavy (non-hydrogen) atoms. The van der Waals surface area contributed by atoms with Gasteiger partial charge in [0.1, 0.15) is 0 Å². The molecule has 0 saturated carbocycles. The molecular weight excluding hydrogens is 328 g/mol. The van der Waals surface area contributed by atoms with Crippen molar-refractivity contribution in [1.29, 1.82) is 0 Å². The van der Waals surface area contributed by atoms with Crippen LogP contribution in [-0.4, -0.2) is 27.3 Å². The molecule has 2 rings (SSSR count). The van der Waals surface area contributed by atoms with E-state index in [9.17, 15) is 8.42 Å². The first kappa shape index (κ1) is 15.0. The number of sulfonamides is 1. The monoisotopic (exact) mass is 346 g/mol. The van der Waals surface area contributed by atoms with Crippen molar-refractivity contribution >= 4 is 26.0 Å². The van der Waals surface area contributed by atoms with Gasteiger partial charge in [-0.25, -0.2) is 13.1 Å². The Kier molecular flexibility index (Phi) is 5.00. The van der Waals surface area contributed by atoms with Gasteiger partial charge in [0.05, 0.1) is 5.75 Å². The molecule has 106 valence electrons. The summed E-state index contributed by atoms with van der Waals surface area (Å²) in [5.74, 6) is 0.128. The Morgan fingerprint density at radius 3 is 2.95 bits per heavy atom. The Hall–Kier alpha value is -0.430. The Labute approximate surface area is 123 Å². The molecule has 2 N–H and O–H groups in total. The number of rotatable bonds is 6. The molecule has 0 amide bonds. The number of hydrogen-bond donors (Lipinski definition) is 2. The van der Waals surface area contributed by atoms with Crippen molar-refractivity contribution in [3.63, 3.8) is 0 Å². The third kappa shape index (κ3) is 4.02. The summed E-state index contributed by atoms with van der Waals surface area (Å²) in [6, 6.07) is 6.57. The molecule has 0 fully saturated rings. The van der Waals surface area contributed by atoms with Crippen molar-refractivity contribution in [1.82, 2.24) is 10.0 Å². The zero-order chi connectivity index (χ0) is 13.9. The zero-order valence-corrected chi connectivity index (χ0v) is 13.4. The summed E-state index contributed by atoms with van der Waals surface area (Å²) in [4.78, 5) is 0. The molecule has 0 spiro atoms. The van der Waals surface area contributed by atoms with Crippen molar-refractivity contribution in [2.45, 2.75) is 25.8 Å². The van der Waals surface area contributed by atoms with Crippen LogP contribution in [0, 0.1) is 0 Å². The number of nitrogens with one attached hydrogen (secondary N) is 2. The maximum Gasteiger partial charge on any atom is 0.212 e. The third-order valence-electron chi connectivity index (χ3n) is 3.31. The predicted octanol–water partition coefficient (Wildman–Crippen LogP) is 1.97. The van der Waals surface area contributed by atoms with Gasteiger partial charge in [-0.1, -0.05) is 28.9 Å². The number of aryl methyl sites for hydroxylation is 1. The van der Waals surface area contributed by atoms with Crippen LogP contribution >= 0.6 is 15.9 Å². The molecule has 0 saturated heterocycles. The minimum absolute atomic E-state index is 0.128. The first-order chi connectivity index (χ1) is 9.02. The van der Waals surface area contributed by atoms with Gasteiger partial charge in [-0.3, -0.25) is 0 Å². The molecule has 0 radical (unpaired) electrons. The summed E-state index contributed by atoms with van der Waals surface area (Å²) in [6.07, 6.45) is 2.08. The van der Waals surface area contributed by atoms with E-state index in [-0.39, 0.29) is 11.8 Å². The molecule has 1 aromatic carbocycles. The number of hydrogen-bond acceptors (Lipinski definition) is 3. The van der Waals surface area contributed by atoms with Gasteiger partial charge < -0.3 is 5.32 Å². The van der Waals surface area contributed by atoms with Crippen LogP contribution < -0.4 is 10.0 Å². The highest BCUT2D eigenvalue weighted by Gasteiger charge is 2.22. The van der Waals surface area contributed by atoms with Gasteiger partial charge in [-0.05, 0) is 36.1 Å². The van der Waals surface area contributed by atoms with Crippen molar-refractivity contribution in [2.24, 2.45) is 0 Å². The van der Waals surface area contributed by atoms with Crippen molar-refractivity contribution in [3.05, 3.63) is 33.8 Å². The maximum atomic E-state index is 11.5. The van der Waals surface area contributed by atoms with E-state index < -0.39 is 10.0 Å². The summed E-state index contributed by atoms with van der Waals surface area (Å²) in [7, 11) is -3.13. The van der Waals surface area contributed by atoms with Crippen LogP contribution in [0.5, 0.6) is 0 Å². The van der Waals surface area contributed by atoms with E-state index in [4.69, 9.17) is 0 Å². The second kappa shape index (κ2) is 6.35. The van der Waals surface area contributed by atoms with Crippen LogP contribution in [0.2, 0.25) is 0 Å². The van der Waals surface area contributed by atoms with Gasteiger partial charge in [0.15, 0.2) is 0 Å². The lowest BCUT2D eigenvalue weighted by Crippen LogP contribution is -2.32. The van der Waals surface area contributed by atoms with Gasteiger partial charge in [0.2, 0.25) is 10.0 Å². The van der Waals surface area contributed by atoms with Gasteiger partial charge in [0, 0.05) is 23.6 Å². The van der Waals surface area contributed by atoms with Crippen LogP contribution in [0.4, 0.5) is 0 Å². The van der Waals surface area contributed by atoms with Crippen molar-refractivity contribution in [3.8, 4) is 0 Å². The first-order valence-corrected chi connectivity index (χ1v) is 8.95.